The van der Waals surface area contributed by atoms with E-state index in [1.54, 1.807) is 43.1 Å². The number of thiazole rings is 1. The van der Waals surface area contributed by atoms with E-state index in [0.717, 1.165) is 22.5 Å². The van der Waals surface area contributed by atoms with E-state index in [-0.39, 0.29) is 5.91 Å². The molecule has 4 nitrogen and oxygen atoms in total. The highest BCUT2D eigenvalue weighted by atomic mass is 35.5. The van der Waals surface area contributed by atoms with Gasteiger partial charge in [0.05, 0.1) is 17.3 Å². The molecule has 2 aromatic carbocycles. The lowest BCUT2D eigenvalue weighted by Crippen LogP contribution is -2.18. The molecule has 1 amide bonds. The van der Waals surface area contributed by atoms with Gasteiger partial charge in [0.15, 0.2) is 4.80 Å². The number of benzene rings is 2. The lowest BCUT2D eigenvalue weighted by Gasteiger charge is -2.04. The first-order chi connectivity index (χ1) is 12.1. The Kier molecular flexibility index (Phi) is 5.83. The summed E-state index contributed by atoms with van der Waals surface area (Å²) in [6.45, 7) is 0.785. The molecule has 1 heterocycles. The van der Waals surface area contributed by atoms with Crippen molar-refractivity contribution in [3.63, 3.8) is 0 Å². The van der Waals surface area contributed by atoms with Crippen LogP contribution in [0.3, 0.4) is 0 Å². The van der Waals surface area contributed by atoms with Crippen molar-refractivity contribution in [1.29, 1.82) is 0 Å². The fourth-order valence-electron chi connectivity index (χ4n) is 2.44. The first kappa shape index (κ1) is 18.0. The predicted octanol–water partition coefficient (Wildman–Crippen LogP) is 4.47. The molecule has 0 radical (unpaired) electrons. The highest BCUT2D eigenvalue weighted by Crippen LogP contribution is 2.22. The summed E-state index contributed by atoms with van der Waals surface area (Å²) in [5.74, 6) is 1.29. The summed E-state index contributed by atoms with van der Waals surface area (Å²) in [4.78, 5) is 17.6. The van der Waals surface area contributed by atoms with E-state index >= 15 is 0 Å². The van der Waals surface area contributed by atoms with Gasteiger partial charge in [0.25, 0.3) is 5.91 Å². The zero-order valence-corrected chi connectivity index (χ0v) is 16.2. The van der Waals surface area contributed by atoms with Gasteiger partial charge < -0.3 is 9.30 Å². The lowest BCUT2D eigenvalue weighted by atomic mass is 10.2. The van der Waals surface area contributed by atoms with Crippen LogP contribution in [0, 0.1) is 0 Å². The molecule has 0 aliphatic heterocycles. The summed E-state index contributed by atoms with van der Waals surface area (Å²) >= 11 is 9.33. The number of thioether (sulfide) groups is 1. The number of hydrogen-bond donors (Lipinski definition) is 0. The van der Waals surface area contributed by atoms with Crippen LogP contribution >= 0.6 is 34.7 Å². The summed E-state index contributed by atoms with van der Waals surface area (Å²) < 4.78 is 8.27. The maximum absolute atomic E-state index is 12.6. The number of halogens is 1. The van der Waals surface area contributed by atoms with Crippen molar-refractivity contribution in [3.8, 4) is 5.75 Å². The van der Waals surface area contributed by atoms with E-state index in [1.807, 2.05) is 18.2 Å². The Morgan fingerprint density at radius 1 is 1.32 bits per heavy atom. The largest absolute Gasteiger partial charge is 0.497 e. The van der Waals surface area contributed by atoms with Crippen molar-refractivity contribution in [2.75, 3.05) is 19.1 Å². The number of fused-ring (bicyclic) bond motifs is 1. The first-order valence-corrected chi connectivity index (χ1v) is 10.2. The topological polar surface area (TPSA) is 43.6 Å². The Labute approximate surface area is 159 Å². The molecule has 3 aromatic rings. The Hall–Kier alpha value is -1.76. The number of aryl methyl sites for hydroxylation is 1. The molecule has 0 aliphatic carbocycles. The Balaban J connectivity index is 2.08. The Bertz CT molecular complexity index is 979. The van der Waals surface area contributed by atoms with Crippen LogP contribution in [0.25, 0.3) is 10.2 Å². The SMILES string of the molecule is COc1cccc(C(=O)N=c2sc3cc(Cl)ccc3n2CCSC)c1. The van der Waals surface area contributed by atoms with Crippen LogP contribution in [0.5, 0.6) is 5.75 Å². The van der Waals surface area contributed by atoms with Gasteiger partial charge >= 0.3 is 0 Å². The van der Waals surface area contributed by atoms with Crippen LogP contribution in [0.4, 0.5) is 0 Å². The van der Waals surface area contributed by atoms with Crippen molar-refractivity contribution in [2.24, 2.45) is 4.99 Å². The summed E-state index contributed by atoms with van der Waals surface area (Å²) in [6.07, 6.45) is 2.06. The standard InChI is InChI=1S/C18H17ClN2O2S2/c1-23-14-5-3-4-12(10-14)17(22)20-18-21(8-9-24-2)15-7-6-13(19)11-16(15)25-18/h3-7,10-11H,8-9H2,1-2H3. The van der Waals surface area contributed by atoms with E-state index in [9.17, 15) is 4.79 Å². The quantitative estimate of drug-likeness (QED) is 0.643. The third-order valence-corrected chi connectivity index (χ3v) is 5.54. The molecule has 0 bridgehead atoms. The van der Waals surface area contributed by atoms with E-state index in [2.05, 4.69) is 15.8 Å². The molecule has 0 N–H and O–H groups in total. The molecule has 25 heavy (non-hydrogen) atoms. The van der Waals surface area contributed by atoms with E-state index in [4.69, 9.17) is 16.3 Å². The molecule has 0 saturated carbocycles. The fraction of sp³-hybridized carbons (Fsp3) is 0.222. The first-order valence-electron chi connectivity index (χ1n) is 7.63. The summed E-state index contributed by atoms with van der Waals surface area (Å²) in [5.41, 5.74) is 1.55. The fourth-order valence-corrected chi connectivity index (χ4v) is 4.13. The summed E-state index contributed by atoms with van der Waals surface area (Å²) in [6, 6.07) is 12.8. The third kappa shape index (κ3) is 4.08. The normalized spacial score (nSPS) is 11.9. The number of amides is 1. The predicted molar refractivity (Wildman–Crippen MR) is 106 cm³/mol. The minimum Gasteiger partial charge on any atom is -0.497 e. The average molecular weight is 393 g/mol. The molecular weight excluding hydrogens is 376 g/mol. The molecule has 1 aromatic heterocycles. The zero-order valence-electron chi connectivity index (χ0n) is 13.9. The second-order valence-electron chi connectivity index (χ2n) is 5.29. The molecule has 0 spiro atoms. The zero-order chi connectivity index (χ0) is 17.8. The van der Waals surface area contributed by atoms with Gasteiger partial charge in [-0.1, -0.05) is 29.0 Å². The maximum atomic E-state index is 12.6. The number of hydrogen-bond acceptors (Lipinski definition) is 4. The number of methoxy groups -OCH3 is 1. The minimum atomic E-state index is -0.283. The minimum absolute atomic E-state index is 0.283. The molecule has 0 fully saturated rings. The number of nitrogens with zero attached hydrogens (tertiary/aromatic N) is 2. The van der Waals surface area contributed by atoms with Crippen molar-refractivity contribution in [2.45, 2.75) is 6.54 Å². The van der Waals surface area contributed by atoms with Crippen LogP contribution in [-0.2, 0) is 6.54 Å². The van der Waals surface area contributed by atoms with Crippen molar-refractivity contribution >= 4 is 50.8 Å². The molecule has 0 unspecified atom stereocenters. The number of carbonyl (C=O) groups excluding carboxylic acids is 1. The van der Waals surface area contributed by atoms with Gasteiger partial charge in [-0.25, -0.2) is 0 Å². The monoisotopic (exact) mass is 392 g/mol. The summed E-state index contributed by atoms with van der Waals surface area (Å²) in [5, 5.41) is 0.677. The Morgan fingerprint density at radius 3 is 2.92 bits per heavy atom. The molecule has 0 aliphatic rings. The van der Waals surface area contributed by atoms with Crippen LogP contribution < -0.4 is 9.54 Å². The molecule has 130 valence electrons. The second kappa shape index (κ2) is 8.08. The van der Waals surface area contributed by atoms with Gasteiger partial charge in [0.2, 0.25) is 0 Å². The smallest absolute Gasteiger partial charge is 0.279 e. The van der Waals surface area contributed by atoms with E-state index in [1.165, 1.54) is 11.3 Å². The van der Waals surface area contributed by atoms with Gasteiger partial charge in [-0.2, -0.15) is 16.8 Å². The van der Waals surface area contributed by atoms with Crippen LogP contribution in [0.2, 0.25) is 5.02 Å². The molecular formula is C18H17ClN2O2S2. The third-order valence-electron chi connectivity index (χ3n) is 3.68. The van der Waals surface area contributed by atoms with Crippen LogP contribution in [0.1, 0.15) is 10.4 Å². The number of aromatic nitrogens is 1. The molecule has 3 rings (SSSR count). The van der Waals surface area contributed by atoms with Gasteiger partial charge in [-0.05, 0) is 42.7 Å². The second-order valence-corrected chi connectivity index (χ2v) is 7.72. The van der Waals surface area contributed by atoms with Gasteiger partial charge in [0, 0.05) is 22.9 Å². The van der Waals surface area contributed by atoms with Crippen LogP contribution in [0.15, 0.2) is 47.5 Å². The van der Waals surface area contributed by atoms with E-state index < -0.39 is 0 Å². The number of ether oxygens (including phenoxy) is 1. The van der Waals surface area contributed by atoms with Crippen LogP contribution in [-0.4, -0.2) is 29.6 Å². The van der Waals surface area contributed by atoms with Crippen molar-refractivity contribution in [3.05, 3.63) is 57.9 Å². The maximum Gasteiger partial charge on any atom is 0.279 e. The van der Waals surface area contributed by atoms with E-state index in [0.29, 0.717) is 21.1 Å². The van der Waals surface area contributed by atoms with Gasteiger partial charge in [-0.15, -0.1) is 0 Å². The molecule has 0 atom stereocenters. The highest BCUT2D eigenvalue weighted by molar-refractivity contribution is 7.98. The number of rotatable bonds is 5. The number of carbonyl (C=O) groups is 1. The lowest BCUT2D eigenvalue weighted by molar-refractivity contribution is 0.0997. The molecule has 0 saturated heterocycles. The van der Waals surface area contributed by atoms with Crippen molar-refractivity contribution < 1.29 is 9.53 Å². The average Bonchev–Trinajstić information content (AvgIpc) is 2.95. The highest BCUT2D eigenvalue weighted by Gasteiger charge is 2.10. The van der Waals surface area contributed by atoms with Crippen molar-refractivity contribution in [1.82, 2.24) is 4.57 Å². The van der Waals surface area contributed by atoms with Gasteiger partial charge in [-0.3, -0.25) is 4.79 Å². The molecule has 7 heteroatoms. The Morgan fingerprint density at radius 2 is 2.16 bits per heavy atom. The van der Waals surface area contributed by atoms with Gasteiger partial charge in [0.1, 0.15) is 5.75 Å². The summed E-state index contributed by atoms with van der Waals surface area (Å²) in [7, 11) is 1.58.